The van der Waals surface area contributed by atoms with Crippen molar-refractivity contribution in [3.05, 3.63) is 84.4 Å². The lowest BCUT2D eigenvalue weighted by molar-refractivity contribution is -0.137. The van der Waals surface area contributed by atoms with E-state index >= 15 is 0 Å². The summed E-state index contributed by atoms with van der Waals surface area (Å²) in [6.07, 6.45) is -1.07. The number of aromatic nitrogens is 3. The van der Waals surface area contributed by atoms with Crippen molar-refractivity contribution in [1.82, 2.24) is 19.5 Å². The molecule has 0 saturated carbocycles. The first-order valence-electron chi connectivity index (χ1n) is 12.0. The molecule has 0 radical (unpaired) electrons. The van der Waals surface area contributed by atoms with E-state index in [4.69, 9.17) is 5.10 Å². The lowest BCUT2D eigenvalue weighted by atomic mass is 10.0. The van der Waals surface area contributed by atoms with Crippen LogP contribution in [0.1, 0.15) is 26.3 Å². The molecule has 2 aromatic carbocycles. The molecule has 0 spiro atoms. The zero-order chi connectivity index (χ0) is 28.4. The van der Waals surface area contributed by atoms with Crippen LogP contribution in [0.15, 0.2) is 78.0 Å². The number of nitrogens with zero attached hydrogens (tertiary/aromatic N) is 3. The van der Waals surface area contributed by atoms with Crippen LogP contribution in [0.2, 0.25) is 0 Å². The summed E-state index contributed by atoms with van der Waals surface area (Å²) in [5, 5.41) is 7.76. The van der Waals surface area contributed by atoms with Gasteiger partial charge in [0.25, 0.3) is 0 Å². The Hall–Kier alpha value is -3.77. The number of anilines is 1. The third kappa shape index (κ3) is 6.82. The third-order valence-electron chi connectivity index (χ3n) is 5.79. The predicted molar refractivity (Wildman–Crippen MR) is 141 cm³/mol. The number of halogens is 4. The van der Waals surface area contributed by atoms with Gasteiger partial charge >= 0.3 is 6.18 Å². The highest BCUT2D eigenvalue weighted by molar-refractivity contribution is 7.89. The van der Waals surface area contributed by atoms with Crippen molar-refractivity contribution < 1.29 is 26.0 Å². The largest absolute Gasteiger partial charge is 0.416 e. The standard InChI is InChI=1S/C27H27F4N5O2S/c1-26(2,3)36-17-23(25(35-36)19-5-4-6-21(28)15-19)18-11-12-32-24(16-18)33-13-14-34-39(37,38)22-9-7-20(8-10-22)27(29,30)31/h4-12,15-17,34H,13-14H2,1-3H3,(H,32,33). The molecule has 4 aromatic rings. The van der Waals surface area contributed by atoms with Gasteiger partial charge in [-0.3, -0.25) is 4.68 Å². The average molecular weight is 562 g/mol. The predicted octanol–water partition coefficient (Wildman–Crippen LogP) is 5.92. The van der Waals surface area contributed by atoms with Crippen LogP contribution in [0.4, 0.5) is 23.4 Å². The number of hydrogen-bond acceptors (Lipinski definition) is 5. The molecule has 206 valence electrons. The maximum absolute atomic E-state index is 14.0. The minimum Gasteiger partial charge on any atom is -0.369 e. The van der Waals surface area contributed by atoms with Crippen molar-refractivity contribution in [2.45, 2.75) is 37.4 Å². The molecule has 12 heteroatoms. The van der Waals surface area contributed by atoms with Gasteiger partial charge in [0.2, 0.25) is 10.0 Å². The maximum atomic E-state index is 14.0. The van der Waals surface area contributed by atoms with Crippen molar-refractivity contribution in [1.29, 1.82) is 0 Å². The normalized spacial score (nSPS) is 12.5. The Morgan fingerprint density at radius 3 is 2.28 bits per heavy atom. The molecular formula is C27H27F4N5O2S. The first kappa shape index (κ1) is 28.2. The zero-order valence-corrected chi connectivity index (χ0v) is 22.2. The average Bonchev–Trinajstić information content (AvgIpc) is 3.33. The molecule has 0 saturated heterocycles. The van der Waals surface area contributed by atoms with Crippen LogP contribution >= 0.6 is 0 Å². The van der Waals surface area contributed by atoms with Crippen molar-refractivity contribution >= 4 is 15.8 Å². The van der Waals surface area contributed by atoms with Gasteiger partial charge in [-0.2, -0.15) is 18.3 Å². The monoisotopic (exact) mass is 561 g/mol. The summed E-state index contributed by atoms with van der Waals surface area (Å²) in [4.78, 5) is 4.01. The van der Waals surface area contributed by atoms with E-state index in [0.29, 0.717) is 17.1 Å². The zero-order valence-electron chi connectivity index (χ0n) is 21.4. The number of hydrogen-bond donors (Lipinski definition) is 2. The number of pyridine rings is 1. The molecule has 0 unspecified atom stereocenters. The Bertz CT molecular complexity index is 1560. The van der Waals surface area contributed by atoms with Crippen LogP contribution in [0.25, 0.3) is 22.4 Å². The number of alkyl halides is 3. The highest BCUT2D eigenvalue weighted by Crippen LogP contribution is 2.34. The van der Waals surface area contributed by atoms with Gasteiger partial charge in [-0.1, -0.05) is 12.1 Å². The van der Waals surface area contributed by atoms with Crippen molar-refractivity contribution in [3.8, 4) is 22.4 Å². The second-order valence-corrected chi connectivity index (χ2v) is 11.6. The lowest BCUT2D eigenvalue weighted by Crippen LogP contribution is -2.29. The fraction of sp³-hybridized carbons (Fsp3) is 0.259. The van der Waals surface area contributed by atoms with Gasteiger partial charge in [-0.05, 0) is 74.9 Å². The molecule has 0 bridgehead atoms. The molecular weight excluding hydrogens is 534 g/mol. The summed E-state index contributed by atoms with van der Waals surface area (Å²) >= 11 is 0. The highest BCUT2D eigenvalue weighted by atomic mass is 32.2. The lowest BCUT2D eigenvalue weighted by Gasteiger charge is -2.18. The van der Waals surface area contributed by atoms with E-state index < -0.39 is 21.8 Å². The summed E-state index contributed by atoms with van der Waals surface area (Å²) in [5.41, 5.74) is 1.51. The minimum absolute atomic E-state index is 0.0360. The summed E-state index contributed by atoms with van der Waals surface area (Å²) in [6, 6.07) is 13.0. The second kappa shape index (κ2) is 10.8. The highest BCUT2D eigenvalue weighted by Gasteiger charge is 2.30. The quantitative estimate of drug-likeness (QED) is 0.206. The van der Waals surface area contributed by atoms with Crippen LogP contribution in [-0.2, 0) is 21.7 Å². The smallest absolute Gasteiger partial charge is 0.369 e. The third-order valence-corrected chi connectivity index (χ3v) is 7.26. The molecule has 0 fully saturated rings. The molecule has 0 amide bonds. The van der Waals surface area contributed by atoms with Gasteiger partial charge in [0.05, 0.1) is 16.0 Å². The minimum atomic E-state index is -4.55. The Morgan fingerprint density at radius 1 is 0.923 bits per heavy atom. The first-order valence-corrected chi connectivity index (χ1v) is 13.5. The van der Waals surface area contributed by atoms with Gasteiger partial charge in [0.15, 0.2) is 0 Å². The van der Waals surface area contributed by atoms with E-state index in [2.05, 4.69) is 15.0 Å². The molecule has 0 aliphatic carbocycles. The van der Waals surface area contributed by atoms with Crippen LogP contribution < -0.4 is 10.0 Å². The number of nitrogens with one attached hydrogen (secondary N) is 2. The van der Waals surface area contributed by atoms with Crippen molar-refractivity contribution in [2.75, 3.05) is 18.4 Å². The molecule has 0 aliphatic rings. The van der Waals surface area contributed by atoms with E-state index in [1.54, 1.807) is 30.5 Å². The van der Waals surface area contributed by atoms with E-state index in [0.717, 1.165) is 35.4 Å². The van der Waals surface area contributed by atoms with E-state index in [9.17, 15) is 26.0 Å². The van der Waals surface area contributed by atoms with Gasteiger partial charge in [0, 0.05) is 36.6 Å². The topological polar surface area (TPSA) is 88.9 Å². The van der Waals surface area contributed by atoms with Gasteiger partial charge in [0.1, 0.15) is 17.3 Å². The van der Waals surface area contributed by atoms with Gasteiger partial charge in [-0.15, -0.1) is 0 Å². The van der Waals surface area contributed by atoms with E-state index in [1.807, 2.05) is 31.6 Å². The van der Waals surface area contributed by atoms with Gasteiger partial charge in [-0.25, -0.2) is 22.5 Å². The number of rotatable bonds is 8. The van der Waals surface area contributed by atoms with E-state index in [1.165, 1.54) is 12.1 Å². The first-order chi connectivity index (χ1) is 18.2. The SMILES string of the molecule is CC(C)(C)n1cc(-c2ccnc(NCCNS(=O)(=O)c3ccc(C(F)(F)F)cc3)c2)c(-c2cccc(F)c2)n1. The maximum Gasteiger partial charge on any atom is 0.416 e. The summed E-state index contributed by atoms with van der Waals surface area (Å²) < 4.78 is 81.3. The molecule has 4 rings (SSSR count). The Morgan fingerprint density at radius 2 is 1.64 bits per heavy atom. The molecule has 39 heavy (non-hydrogen) atoms. The Kier molecular flexibility index (Phi) is 7.80. The fourth-order valence-electron chi connectivity index (χ4n) is 3.75. The molecule has 0 aliphatic heterocycles. The van der Waals surface area contributed by atoms with Crippen LogP contribution in [0, 0.1) is 5.82 Å². The summed E-state index contributed by atoms with van der Waals surface area (Å²) in [6.45, 7) is 6.14. The summed E-state index contributed by atoms with van der Waals surface area (Å²) in [7, 11) is -4.00. The Balaban J connectivity index is 1.48. The second-order valence-electron chi connectivity index (χ2n) is 9.79. The number of sulfonamides is 1. The van der Waals surface area contributed by atoms with Gasteiger partial charge < -0.3 is 5.32 Å². The molecule has 2 N–H and O–H groups in total. The van der Waals surface area contributed by atoms with E-state index in [-0.39, 0.29) is 29.3 Å². The van der Waals surface area contributed by atoms with Crippen molar-refractivity contribution in [3.63, 3.8) is 0 Å². The molecule has 0 atom stereocenters. The Labute approximate surface area is 224 Å². The fourth-order valence-corrected chi connectivity index (χ4v) is 4.79. The molecule has 7 nitrogen and oxygen atoms in total. The molecule has 2 aromatic heterocycles. The van der Waals surface area contributed by atoms with Crippen molar-refractivity contribution in [2.24, 2.45) is 0 Å². The van der Waals surface area contributed by atoms with Crippen LogP contribution in [0.5, 0.6) is 0 Å². The number of benzene rings is 2. The van der Waals surface area contributed by atoms with Crippen LogP contribution in [0.3, 0.4) is 0 Å². The summed E-state index contributed by atoms with van der Waals surface area (Å²) in [5.74, 6) is 0.0921. The van der Waals surface area contributed by atoms with Crippen LogP contribution in [-0.4, -0.2) is 36.3 Å². The molecule has 2 heterocycles.